The van der Waals surface area contributed by atoms with Crippen LogP contribution >= 0.6 is 0 Å². The molecule has 108 valence electrons. The minimum atomic E-state index is -0.258. The third-order valence-electron chi connectivity index (χ3n) is 2.97. The molecule has 1 N–H and O–H groups in total. The molecule has 0 aliphatic rings. The number of allylic oxidation sites excluding steroid dienone is 4. The molecule has 0 aromatic heterocycles. The number of aliphatic hydroxyl groups is 1. The summed E-state index contributed by atoms with van der Waals surface area (Å²) >= 11 is 0. The Morgan fingerprint density at radius 2 is 1.53 bits per heavy atom. The average Bonchev–Trinajstić information content (AvgIpc) is 2.37. The largest absolute Gasteiger partial charge is 0.466 e. The van der Waals surface area contributed by atoms with Crippen molar-refractivity contribution in [3.05, 3.63) is 34.9 Å². The summed E-state index contributed by atoms with van der Waals surface area (Å²) in [7, 11) is 1.40. The third kappa shape index (κ3) is 9.25. The second-order valence-corrected chi connectivity index (χ2v) is 4.74. The quantitative estimate of drug-likeness (QED) is 0.415. The van der Waals surface area contributed by atoms with Gasteiger partial charge in [-0.15, -0.1) is 0 Å². The van der Waals surface area contributed by atoms with Crippen molar-refractivity contribution in [2.45, 2.75) is 46.5 Å². The number of carbonyl (C=O) groups is 1. The minimum Gasteiger partial charge on any atom is -0.466 e. The van der Waals surface area contributed by atoms with Crippen molar-refractivity contribution in [3.8, 4) is 0 Å². The predicted octanol–water partition coefficient (Wildman–Crippen LogP) is 3.55. The third-order valence-corrected chi connectivity index (χ3v) is 2.97. The number of rotatable bonds is 8. The van der Waals surface area contributed by atoms with E-state index in [1.54, 1.807) is 6.92 Å². The van der Waals surface area contributed by atoms with Gasteiger partial charge in [-0.25, -0.2) is 4.79 Å². The number of carbonyl (C=O) groups excluding carboxylic acids is 1. The number of aliphatic hydroxyl groups excluding tert-OH is 1. The van der Waals surface area contributed by atoms with Gasteiger partial charge < -0.3 is 9.84 Å². The summed E-state index contributed by atoms with van der Waals surface area (Å²) in [5.74, 6) is -0.258. The fraction of sp³-hybridized carbons (Fsp3) is 0.562. The lowest BCUT2D eigenvalue weighted by Gasteiger charge is -2.01. The highest BCUT2D eigenvalue weighted by Gasteiger charge is 2.01. The molecule has 0 saturated carbocycles. The van der Waals surface area contributed by atoms with E-state index in [2.05, 4.69) is 17.7 Å². The molecule has 3 nitrogen and oxygen atoms in total. The van der Waals surface area contributed by atoms with Crippen molar-refractivity contribution in [2.24, 2.45) is 0 Å². The summed E-state index contributed by atoms with van der Waals surface area (Å²) in [6.45, 7) is 6.02. The van der Waals surface area contributed by atoms with Crippen LogP contribution in [0.4, 0.5) is 0 Å². The lowest BCUT2D eigenvalue weighted by atomic mass is 10.1. The molecule has 0 amide bonds. The maximum Gasteiger partial charge on any atom is 0.333 e. The van der Waals surface area contributed by atoms with Crippen LogP contribution in [0.1, 0.15) is 46.5 Å². The topological polar surface area (TPSA) is 46.5 Å². The van der Waals surface area contributed by atoms with Gasteiger partial charge in [0.05, 0.1) is 13.7 Å². The Balaban J connectivity index is 4.01. The Morgan fingerprint density at radius 3 is 2.05 bits per heavy atom. The summed E-state index contributed by atoms with van der Waals surface area (Å²) in [5, 5.41) is 8.74. The number of ether oxygens (including phenoxy) is 1. The minimum absolute atomic E-state index is 0.117. The van der Waals surface area contributed by atoms with Crippen molar-refractivity contribution >= 4 is 5.97 Å². The van der Waals surface area contributed by atoms with E-state index in [1.165, 1.54) is 18.3 Å². The summed E-state index contributed by atoms with van der Waals surface area (Å²) in [6, 6.07) is 0. The molecule has 0 unspecified atom stereocenters. The zero-order chi connectivity index (χ0) is 14.7. The Kier molecular flexibility index (Phi) is 9.81. The molecule has 0 aromatic carbocycles. The highest BCUT2D eigenvalue weighted by molar-refractivity contribution is 5.87. The Morgan fingerprint density at radius 1 is 1.00 bits per heavy atom. The normalized spacial score (nSPS) is 13.6. The van der Waals surface area contributed by atoms with Gasteiger partial charge in [0.2, 0.25) is 0 Å². The van der Waals surface area contributed by atoms with Crippen LogP contribution < -0.4 is 0 Å². The van der Waals surface area contributed by atoms with Crippen LogP contribution in [0.5, 0.6) is 0 Å². The lowest BCUT2D eigenvalue weighted by Crippen LogP contribution is -2.01. The van der Waals surface area contributed by atoms with Crippen molar-refractivity contribution in [3.63, 3.8) is 0 Å². The first kappa shape index (κ1) is 17.6. The molecular weight excluding hydrogens is 240 g/mol. The van der Waals surface area contributed by atoms with Gasteiger partial charge in [-0.2, -0.15) is 0 Å². The van der Waals surface area contributed by atoms with Crippen LogP contribution in [0.15, 0.2) is 34.9 Å². The second kappa shape index (κ2) is 10.6. The molecule has 0 rings (SSSR count). The van der Waals surface area contributed by atoms with Gasteiger partial charge in [-0.05, 0) is 46.5 Å². The van der Waals surface area contributed by atoms with Gasteiger partial charge in [0.25, 0.3) is 0 Å². The first-order valence-corrected chi connectivity index (χ1v) is 6.68. The second-order valence-electron chi connectivity index (χ2n) is 4.74. The van der Waals surface area contributed by atoms with E-state index in [-0.39, 0.29) is 12.6 Å². The van der Waals surface area contributed by atoms with Crippen LogP contribution in [0.2, 0.25) is 0 Å². The SMILES string of the molecule is COC(=O)/C(C)=C/CC/C(C)=C/CC/C(C)=C/CO. The monoisotopic (exact) mass is 266 g/mol. The molecule has 0 atom stereocenters. The number of methoxy groups -OCH3 is 1. The summed E-state index contributed by atoms with van der Waals surface area (Å²) < 4.78 is 4.64. The maximum atomic E-state index is 11.2. The lowest BCUT2D eigenvalue weighted by molar-refractivity contribution is -0.136. The molecule has 0 heterocycles. The van der Waals surface area contributed by atoms with Crippen molar-refractivity contribution in [1.29, 1.82) is 0 Å². The smallest absolute Gasteiger partial charge is 0.333 e. The molecule has 0 aliphatic carbocycles. The highest BCUT2D eigenvalue weighted by atomic mass is 16.5. The molecule has 0 bridgehead atoms. The number of esters is 1. The van der Waals surface area contributed by atoms with Gasteiger partial charge in [-0.1, -0.05) is 29.4 Å². The molecule has 0 saturated heterocycles. The van der Waals surface area contributed by atoms with E-state index in [4.69, 9.17) is 5.11 Å². The van der Waals surface area contributed by atoms with Gasteiger partial charge in [0, 0.05) is 5.57 Å². The van der Waals surface area contributed by atoms with Gasteiger partial charge in [0.15, 0.2) is 0 Å². The molecule has 0 radical (unpaired) electrons. The van der Waals surface area contributed by atoms with Crippen LogP contribution in [-0.4, -0.2) is 24.8 Å². The van der Waals surface area contributed by atoms with Gasteiger partial charge in [0.1, 0.15) is 0 Å². The number of hydrogen-bond donors (Lipinski definition) is 1. The molecule has 0 spiro atoms. The predicted molar refractivity (Wildman–Crippen MR) is 78.8 cm³/mol. The van der Waals surface area contributed by atoms with E-state index in [0.29, 0.717) is 5.57 Å². The standard InChI is InChI=1S/C16H26O3/c1-13(7-5-8-14(2)11-12-17)9-6-10-15(3)16(18)19-4/h7,10-11,17H,5-6,8-9,12H2,1-4H3/b13-7+,14-11+,15-10+. The fourth-order valence-electron chi connectivity index (χ4n) is 1.67. The molecule has 0 fully saturated rings. The number of hydrogen-bond acceptors (Lipinski definition) is 3. The van der Waals surface area contributed by atoms with E-state index < -0.39 is 0 Å². The van der Waals surface area contributed by atoms with E-state index in [0.717, 1.165) is 25.7 Å². The fourth-order valence-corrected chi connectivity index (χ4v) is 1.67. The summed E-state index contributed by atoms with van der Waals surface area (Å²) in [4.78, 5) is 11.2. The van der Waals surface area contributed by atoms with Crippen LogP contribution in [0, 0.1) is 0 Å². The summed E-state index contributed by atoms with van der Waals surface area (Å²) in [6.07, 6.45) is 9.76. The van der Waals surface area contributed by atoms with E-state index in [9.17, 15) is 4.79 Å². The first-order chi connectivity index (χ1) is 9.01. The van der Waals surface area contributed by atoms with Crippen molar-refractivity contribution in [2.75, 3.05) is 13.7 Å². The van der Waals surface area contributed by atoms with Gasteiger partial charge >= 0.3 is 5.97 Å². The molecule has 0 aliphatic heterocycles. The summed E-state index contributed by atoms with van der Waals surface area (Å²) in [5.41, 5.74) is 3.20. The first-order valence-electron chi connectivity index (χ1n) is 6.68. The zero-order valence-electron chi connectivity index (χ0n) is 12.5. The molecular formula is C16H26O3. The average molecular weight is 266 g/mol. The molecule has 3 heteroatoms. The van der Waals surface area contributed by atoms with Crippen molar-refractivity contribution in [1.82, 2.24) is 0 Å². The molecule has 19 heavy (non-hydrogen) atoms. The van der Waals surface area contributed by atoms with E-state index in [1.807, 2.05) is 19.1 Å². The Bertz CT molecular complexity index is 362. The van der Waals surface area contributed by atoms with E-state index >= 15 is 0 Å². The maximum absolute atomic E-state index is 11.2. The van der Waals surface area contributed by atoms with Crippen LogP contribution in [-0.2, 0) is 9.53 Å². The molecule has 0 aromatic rings. The van der Waals surface area contributed by atoms with Crippen molar-refractivity contribution < 1.29 is 14.6 Å². The van der Waals surface area contributed by atoms with Crippen LogP contribution in [0.3, 0.4) is 0 Å². The zero-order valence-corrected chi connectivity index (χ0v) is 12.5. The Hall–Kier alpha value is -1.35. The van der Waals surface area contributed by atoms with Gasteiger partial charge in [-0.3, -0.25) is 0 Å². The van der Waals surface area contributed by atoms with Crippen LogP contribution in [0.25, 0.3) is 0 Å². The Labute approximate surface area is 116 Å². The highest BCUT2D eigenvalue weighted by Crippen LogP contribution is 2.11.